The van der Waals surface area contributed by atoms with Gasteiger partial charge in [0.2, 0.25) is 0 Å². The lowest BCUT2D eigenvalue weighted by Gasteiger charge is -2.13. The molecule has 0 aliphatic carbocycles. The maximum Gasteiger partial charge on any atom is 0.308 e. The van der Waals surface area contributed by atoms with Gasteiger partial charge in [0.1, 0.15) is 5.75 Å². The standard InChI is InChI=1S/C19H20O3/c1-14(19(21)22-2)12-17(16-6-4-3-5-7-16)13-15-8-10-18(20)11-9-15/h3-11,13-14,20H,12H2,1-2H3. The number of ether oxygens (including phenoxy) is 1. The number of phenols is 1. The number of aromatic hydroxyl groups is 1. The quantitative estimate of drug-likeness (QED) is 0.666. The Morgan fingerprint density at radius 3 is 2.36 bits per heavy atom. The lowest BCUT2D eigenvalue weighted by atomic mass is 9.93. The highest BCUT2D eigenvalue weighted by molar-refractivity contribution is 5.84. The third kappa shape index (κ3) is 4.22. The zero-order chi connectivity index (χ0) is 15.9. The van der Waals surface area contributed by atoms with Crippen molar-refractivity contribution in [2.45, 2.75) is 13.3 Å². The molecule has 0 heterocycles. The van der Waals surface area contributed by atoms with Crippen molar-refractivity contribution in [1.29, 1.82) is 0 Å². The van der Waals surface area contributed by atoms with E-state index < -0.39 is 0 Å². The zero-order valence-electron chi connectivity index (χ0n) is 12.8. The van der Waals surface area contributed by atoms with Gasteiger partial charge in [-0.25, -0.2) is 0 Å². The molecule has 0 spiro atoms. The Morgan fingerprint density at radius 1 is 1.14 bits per heavy atom. The van der Waals surface area contributed by atoms with Gasteiger partial charge in [-0.05, 0) is 35.3 Å². The molecular formula is C19H20O3. The highest BCUT2D eigenvalue weighted by Crippen LogP contribution is 2.26. The predicted octanol–water partition coefficient (Wildman–Crippen LogP) is 4.13. The Morgan fingerprint density at radius 2 is 1.77 bits per heavy atom. The normalized spacial score (nSPS) is 12.7. The summed E-state index contributed by atoms with van der Waals surface area (Å²) in [5.41, 5.74) is 3.12. The average Bonchev–Trinajstić information content (AvgIpc) is 2.56. The molecule has 0 aliphatic rings. The van der Waals surface area contributed by atoms with Gasteiger partial charge in [0.15, 0.2) is 0 Å². The number of hydrogen-bond donors (Lipinski definition) is 1. The number of benzene rings is 2. The number of carbonyl (C=O) groups is 1. The van der Waals surface area contributed by atoms with Crippen molar-refractivity contribution in [1.82, 2.24) is 0 Å². The molecule has 0 aromatic heterocycles. The van der Waals surface area contributed by atoms with Crippen LogP contribution in [0.2, 0.25) is 0 Å². The molecule has 0 bridgehead atoms. The summed E-state index contributed by atoms with van der Waals surface area (Å²) >= 11 is 0. The van der Waals surface area contributed by atoms with E-state index in [1.807, 2.05) is 55.5 Å². The first-order valence-corrected chi connectivity index (χ1v) is 7.23. The molecular weight excluding hydrogens is 276 g/mol. The maximum absolute atomic E-state index is 11.7. The molecule has 2 aromatic rings. The lowest BCUT2D eigenvalue weighted by molar-refractivity contribution is -0.144. The summed E-state index contributed by atoms with van der Waals surface area (Å²) < 4.78 is 4.82. The summed E-state index contributed by atoms with van der Waals surface area (Å²) in [6.07, 6.45) is 2.63. The predicted molar refractivity (Wildman–Crippen MR) is 88.2 cm³/mol. The van der Waals surface area contributed by atoms with Crippen LogP contribution < -0.4 is 0 Å². The largest absolute Gasteiger partial charge is 0.508 e. The number of phenolic OH excluding ortho intramolecular Hbond substituents is 1. The fraction of sp³-hybridized carbons (Fsp3) is 0.211. The molecule has 0 radical (unpaired) electrons. The van der Waals surface area contributed by atoms with Crippen LogP contribution in [0.5, 0.6) is 5.75 Å². The number of carbonyl (C=O) groups excluding carboxylic acids is 1. The van der Waals surface area contributed by atoms with Crippen molar-refractivity contribution in [3.8, 4) is 5.75 Å². The maximum atomic E-state index is 11.7. The van der Waals surface area contributed by atoms with Gasteiger partial charge in [-0.1, -0.05) is 55.5 Å². The van der Waals surface area contributed by atoms with Crippen molar-refractivity contribution in [2.24, 2.45) is 5.92 Å². The minimum atomic E-state index is -0.215. The topological polar surface area (TPSA) is 46.5 Å². The Kier molecular flexibility index (Phi) is 5.37. The first-order valence-electron chi connectivity index (χ1n) is 7.23. The molecule has 0 aliphatic heterocycles. The third-order valence-electron chi connectivity index (χ3n) is 3.51. The van der Waals surface area contributed by atoms with Crippen LogP contribution >= 0.6 is 0 Å². The third-order valence-corrected chi connectivity index (χ3v) is 3.51. The number of esters is 1. The van der Waals surface area contributed by atoms with Gasteiger partial charge in [-0.15, -0.1) is 0 Å². The van der Waals surface area contributed by atoms with E-state index in [-0.39, 0.29) is 17.6 Å². The first kappa shape index (κ1) is 15.8. The summed E-state index contributed by atoms with van der Waals surface area (Å²) in [6, 6.07) is 17.0. The SMILES string of the molecule is COC(=O)C(C)CC(=Cc1ccc(O)cc1)c1ccccc1. The molecule has 1 unspecified atom stereocenters. The van der Waals surface area contributed by atoms with Gasteiger partial charge in [0.25, 0.3) is 0 Å². The molecule has 22 heavy (non-hydrogen) atoms. The number of methoxy groups -OCH3 is 1. The second kappa shape index (κ2) is 7.46. The molecule has 0 amide bonds. The molecule has 3 heteroatoms. The van der Waals surface area contributed by atoms with Crippen molar-refractivity contribution < 1.29 is 14.6 Å². The van der Waals surface area contributed by atoms with E-state index in [4.69, 9.17) is 4.74 Å². The smallest absolute Gasteiger partial charge is 0.308 e. The minimum absolute atomic E-state index is 0.214. The molecule has 0 fully saturated rings. The lowest BCUT2D eigenvalue weighted by Crippen LogP contribution is -2.13. The Hall–Kier alpha value is -2.55. The summed E-state index contributed by atoms with van der Waals surface area (Å²) in [5, 5.41) is 9.38. The highest BCUT2D eigenvalue weighted by atomic mass is 16.5. The van der Waals surface area contributed by atoms with Crippen LogP contribution in [0.1, 0.15) is 24.5 Å². The van der Waals surface area contributed by atoms with Gasteiger partial charge in [0, 0.05) is 0 Å². The van der Waals surface area contributed by atoms with Gasteiger partial charge in [-0.3, -0.25) is 4.79 Å². The molecule has 2 rings (SSSR count). The van der Waals surface area contributed by atoms with Gasteiger partial charge in [-0.2, -0.15) is 0 Å². The first-order chi connectivity index (χ1) is 10.6. The van der Waals surface area contributed by atoms with Crippen molar-refractivity contribution in [2.75, 3.05) is 7.11 Å². The van der Waals surface area contributed by atoms with Gasteiger partial charge < -0.3 is 9.84 Å². The van der Waals surface area contributed by atoms with Crippen LogP contribution in [-0.4, -0.2) is 18.2 Å². The van der Waals surface area contributed by atoms with Crippen LogP contribution in [-0.2, 0) is 9.53 Å². The van der Waals surface area contributed by atoms with Crippen molar-refractivity contribution >= 4 is 17.6 Å². The fourth-order valence-corrected chi connectivity index (χ4v) is 2.30. The van der Waals surface area contributed by atoms with Crippen LogP contribution in [0.4, 0.5) is 0 Å². The average molecular weight is 296 g/mol. The molecule has 114 valence electrons. The van der Waals surface area contributed by atoms with Gasteiger partial charge >= 0.3 is 5.97 Å². The van der Waals surface area contributed by atoms with E-state index in [9.17, 15) is 9.90 Å². The van der Waals surface area contributed by atoms with E-state index in [1.165, 1.54) is 7.11 Å². The van der Waals surface area contributed by atoms with Crippen LogP contribution in [0.3, 0.4) is 0 Å². The number of allylic oxidation sites excluding steroid dienone is 1. The fourth-order valence-electron chi connectivity index (χ4n) is 2.30. The second-order valence-electron chi connectivity index (χ2n) is 5.26. The zero-order valence-corrected chi connectivity index (χ0v) is 12.8. The number of rotatable bonds is 5. The summed E-state index contributed by atoms with van der Waals surface area (Å²) in [5.74, 6) is -0.192. The molecule has 0 saturated heterocycles. The van der Waals surface area contributed by atoms with E-state index in [0.717, 1.165) is 16.7 Å². The van der Waals surface area contributed by atoms with E-state index in [2.05, 4.69) is 0 Å². The molecule has 1 atom stereocenters. The summed E-state index contributed by atoms with van der Waals surface area (Å²) in [7, 11) is 1.41. The Balaban J connectivity index is 2.33. The summed E-state index contributed by atoms with van der Waals surface area (Å²) in [6.45, 7) is 1.86. The Bertz CT molecular complexity index is 642. The minimum Gasteiger partial charge on any atom is -0.508 e. The highest BCUT2D eigenvalue weighted by Gasteiger charge is 2.16. The van der Waals surface area contributed by atoms with Crippen molar-refractivity contribution in [3.05, 3.63) is 65.7 Å². The molecule has 2 aromatic carbocycles. The van der Waals surface area contributed by atoms with Crippen LogP contribution in [0.15, 0.2) is 54.6 Å². The van der Waals surface area contributed by atoms with Crippen molar-refractivity contribution in [3.63, 3.8) is 0 Å². The number of hydrogen-bond acceptors (Lipinski definition) is 3. The second-order valence-corrected chi connectivity index (χ2v) is 5.26. The Labute approximate surface area is 130 Å². The van der Waals surface area contributed by atoms with E-state index in [0.29, 0.717) is 6.42 Å². The van der Waals surface area contributed by atoms with Crippen LogP contribution in [0.25, 0.3) is 11.6 Å². The monoisotopic (exact) mass is 296 g/mol. The molecule has 0 saturated carbocycles. The van der Waals surface area contributed by atoms with E-state index >= 15 is 0 Å². The molecule has 1 N–H and O–H groups in total. The molecule has 3 nitrogen and oxygen atoms in total. The van der Waals surface area contributed by atoms with Gasteiger partial charge in [0.05, 0.1) is 13.0 Å². The summed E-state index contributed by atoms with van der Waals surface area (Å²) in [4.78, 5) is 11.7. The van der Waals surface area contributed by atoms with Crippen LogP contribution in [0, 0.1) is 5.92 Å². The van der Waals surface area contributed by atoms with E-state index in [1.54, 1.807) is 12.1 Å².